The summed E-state index contributed by atoms with van der Waals surface area (Å²) in [4.78, 5) is 27.1. The van der Waals surface area contributed by atoms with Gasteiger partial charge in [-0.1, -0.05) is 0 Å². The third-order valence-corrected chi connectivity index (χ3v) is 3.84. The van der Waals surface area contributed by atoms with Gasteiger partial charge in [-0.15, -0.1) is 0 Å². The van der Waals surface area contributed by atoms with Crippen molar-refractivity contribution >= 4 is 11.9 Å². The molecule has 1 heterocycles. The van der Waals surface area contributed by atoms with Crippen LogP contribution in [-0.4, -0.2) is 58.5 Å². The lowest BCUT2D eigenvalue weighted by Crippen LogP contribution is -2.54. The quantitative estimate of drug-likeness (QED) is 0.759. The van der Waals surface area contributed by atoms with Gasteiger partial charge in [0.15, 0.2) is 0 Å². The highest BCUT2D eigenvalue weighted by molar-refractivity contribution is 5.86. The lowest BCUT2D eigenvalue weighted by molar-refractivity contribution is -0.142. The summed E-state index contributed by atoms with van der Waals surface area (Å²) in [6.45, 7) is 4.58. The summed E-state index contributed by atoms with van der Waals surface area (Å²) in [5, 5.41) is 9.19. The molecule has 1 unspecified atom stereocenters. The monoisotopic (exact) mass is 240 g/mol. The summed E-state index contributed by atoms with van der Waals surface area (Å²) in [7, 11) is 1.69. The number of carbonyl (C=O) groups is 2. The standard InChI is InChI=1S/C12H20N2O3/c1-12(2)11(17)13(3)6-8(10(15)16)7-14(12)9-4-5-9/h8-9H,4-7H2,1-3H3,(H,15,16). The summed E-state index contributed by atoms with van der Waals surface area (Å²) in [5.41, 5.74) is -0.583. The lowest BCUT2D eigenvalue weighted by Gasteiger charge is -2.36. The van der Waals surface area contributed by atoms with Crippen LogP contribution in [0.2, 0.25) is 0 Å². The van der Waals surface area contributed by atoms with Crippen LogP contribution < -0.4 is 0 Å². The van der Waals surface area contributed by atoms with E-state index in [1.165, 1.54) is 0 Å². The molecule has 5 heteroatoms. The number of rotatable bonds is 2. The minimum absolute atomic E-state index is 0.0214. The molecule has 96 valence electrons. The van der Waals surface area contributed by atoms with Crippen molar-refractivity contribution in [3.05, 3.63) is 0 Å². The molecule has 0 spiro atoms. The van der Waals surface area contributed by atoms with Gasteiger partial charge < -0.3 is 10.0 Å². The molecule has 17 heavy (non-hydrogen) atoms. The van der Waals surface area contributed by atoms with Crippen molar-refractivity contribution in [2.24, 2.45) is 5.92 Å². The molecule has 1 aliphatic carbocycles. The summed E-state index contributed by atoms with van der Waals surface area (Å²) in [6.07, 6.45) is 2.15. The minimum atomic E-state index is -0.812. The Bertz CT molecular complexity index is 350. The molecule has 0 radical (unpaired) electrons. The number of aliphatic carboxylic acids is 1. The number of carbonyl (C=O) groups excluding carboxylic acids is 1. The first-order chi connectivity index (χ1) is 7.84. The number of carboxylic acid groups (broad SMARTS) is 1. The van der Waals surface area contributed by atoms with E-state index in [0.717, 1.165) is 12.8 Å². The third-order valence-electron chi connectivity index (χ3n) is 3.84. The van der Waals surface area contributed by atoms with Gasteiger partial charge in [0.2, 0.25) is 5.91 Å². The third kappa shape index (κ3) is 2.16. The molecule has 1 N–H and O–H groups in total. The summed E-state index contributed by atoms with van der Waals surface area (Å²) in [5.74, 6) is -1.27. The average Bonchev–Trinajstić information content (AvgIpc) is 3.04. The largest absolute Gasteiger partial charge is 0.481 e. The zero-order chi connectivity index (χ0) is 12.8. The van der Waals surface area contributed by atoms with E-state index >= 15 is 0 Å². The van der Waals surface area contributed by atoms with Crippen LogP contribution in [0.15, 0.2) is 0 Å². The topological polar surface area (TPSA) is 60.9 Å². The maximum absolute atomic E-state index is 12.3. The van der Waals surface area contributed by atoms with Gasteiger partial charge in [0.25, 0.3) is 0 Å². The average molecular weight is 240 g/mol. The number of nitrogens with zero attached hydrogens (tertiary/aromatic N) is 2. The summed E-state index contributed by atoms with van der Waals surface area (Å²) < 4.78 is 0. The van der Waals surface area contributed by atoms with E-state index in [9.17, 15) is 14.7 Å². The van der Waals surface area contributed by atoms with Crippen LogP contribution in [0, 0.1) is 5.92 Å². The van der Waals surface area contributed by atoms with Gasteiger partial charge in [0.1, 0.15) is 0 Å². The molecule has 1 saturated heterocycles. The highest BCUT2D eigenvalue weighted by Gasteiger charge is 2.48. The Kier molecular flexibility index (Phi) is 2.89. The lowest BCUT2D eigenvalue weighted by atomic mass is 10.0. The van der Waals surface area contributed by atoms with Gasteiger partial charge in [-0.05, 0) is 26.7 Å². The van der Waals surface area contributed by atoms with E-state index in [0.29, 0.717) is 19.1 Å². The molecule has 0 aromatic heterocycles. The Morgan fingerprint density at radius 2 is 1.94 bits per heavy atom. The van der Waals surface area contributed by atoms with Gasteiger partial charge in [0, 0.05) is 26.2 Å². The molecule has 0 bridgehead atoms. The molecule has 2 rings (SSSR count). The van der Waals surface area contributed by atoms with Gasteiger partial charge >= 0.3 is 5.97 Å². The number of likely N-dealkylation sites (N-methyl/N-ethyl adjacent to an activating group) is 1. The van der Waals surface area contributed by atoms with Gasteiger partial charge in [-0.25, -0.2) is 0 Å². The fraction of sp³-hybridized carbons (Fsp3) is 0.833. The molecule has 2 aliphatic rings. The molecule has 1 atom stereocenters. The number of carboxylic acids is 1. The van der Waals surface area contributed by atoms with Crippen LogP contribution in [0.4, 0.5) is 0 Å². The van der Waals surface area contributed by atoms with Crippen LogP contribution in [0.3, 0.4) is 0 Å². The second kappa shape index (κ2) is 3.98. The van der Waals surface area contributed by atoms with Crippen molar-refractivity contribution in [2.75, 3.05) is 20.1 Å². The van der Waals surface area contributed by atoms with E-state index in [-0.39, 0.29) is 5.91 Å². The fourth-order valence-electron chi connectivity index (χ4n) is 2.67. The number of amides is 1. The summed E-state index contributed by atoms with van der Waals surface area (Å²) in [6, 6.07) is 0.391. The Morgan fingerprint density at radius 1 is 1.35 bits per heavy atom. The highest BCUT2D eigenvalue weighted by Crippen LogP contribution is 2.36. The number of hydrogen-bond acceptors (Lipinski definition) is 3. The Labute approximate surface area is 101 Å². The van der Waals surface area contributed by atoms with Crippen LogP contribution in [0.5, 0.6) is 0 Å². The van der Waals surface area contributed by atoms with Crippen molar-refractivity contribution in [1.29, 1.82) is 0 Å². The predicted molar refractivity (Wildman–Crippen MR) is 62.6 cm³/mol. The van der Waals surface area contributed by atoms with Crippen molar-refractivity contribution < 1.29 is 14.7 Å². The molecular formula is C12H20N2O3. The summed E-state index contributed by atoms with van der Waals surface area (Å²) >= 11 is 0. The first kappa shape index (κ1) is 12.4. The van der Waals surface area contributed by atoms with E-state index in [1.54, 1.807) is 11.9 Å². The van der Waals surface area contributed by atoms with Crippen molar-refractivity contribution in [3.63, 3.8) is 0 Å². The van der Waals surface area contributed by atoms with E-state index in [4.69, 9.17) is 0 Å². The zero-order valence-corrected chi connectivity index (χ0v) is 10.6. The maximum atomic E-state index is 12.3. The van der Waals surface area contributed by atoms with Gasteiger partial charge in [-0.3, -0.25) is 14.5 Å². The van der Waals surface area contributed by atoms with E-state index in [1.807, 2.05) is 13.8 Å². The van der Waals surface area contributed by atoms with Crippen molar-refractivity contribution in [3.8, 4) is 0 Å². The second-order valence-corrected chi connectivity index (χ2v) is 5.66. The molecule has 0 aromatic carbocycles. The minimum Gasteiger partial charge on any atom is -0.481 e. The maximum Gasteiger partial charge on any atom is 0.309 e. The van der Waals surface area contributed by atoms with E-state index < -0.39 is 17.4 Å². The van der Waals surface area contributed by atoms with Crippen molar-refractivity contribution in [2.45, 2.75) is 38.3 Å². The SMILES string of the molecule is CN1CC(C(=O)O)CN(C2CC2)C(C)(C)C1=O. The molecule has 0 aromatic rings. The molecule has 2 fully saturated rings. The molecule has 1 amide bonds. The van der Waals surface area contributed by atoms with Gasteiger partial charge in [-0.2, -0.15) is 0 Å². The zero-order valence-electron chi connectivity index (χ0n) is 10.6. The highest BCUT2D eigenvalue weighted by atomic mass is 16.4. The van der Waals surface area contributed by atoms with Crippen LogP contribution in [0.25, 0.3) is 0 Å². The molecule has 5 nitrogen and oxygen atoms in total. The fourth-order valence-corrected chi connectivity index (χ4v) is 2.67. The molecule has 1 saturated carbocycles. The predicted octanol–water partition coefficient (Wildman–Crippen LogP) is 0.402. The Hall–Kier alpha value is -1.10. The second-order valence-electron chi connectivity index (χ2n) is 5.66. The van der Waals surface area contributed by atoms with Crippen LogP contribution in [0.1, 0.15) is 26.7 Å². The smallest absolute Gasteiger partial charge is 0.309 e. The van der Waals surface area contributed by atoms with Crippen LogP contribution >= 0.6 is 0 Å². The first-order valence-corrected chi connectivity index (χ1v) is 6.09. The van der Waals surface area contributed by atoms with Crippen molar-refractivity contribution in [1.82, 2.24) is 9.80 Å². The normalized spacial score (nSPS) is 30.2. The van der Waals surface area contributed by atoms with Gasteiger partial charge in [0.05, 0.1) is 11.5 Å². The van der Waals surface area contributed by atoms with Crippen LogP contribution in [-0.2, 0) is 9.59 Å². The molecule has 1 aliphatic heterocycles. The number of hydrogen-bond donors (Lipinski definition) is 1. The Balaban J connectivity index is 2.28. The first-order valence-electron chi connectivity index (χ1n) is 6.09. The van der Waals surface area contributed by atoms with E-state index in [2.05, 4.69) is 4.90 Å². The molecular weight excluding hydrogens is 220 g/mol. The Morgan fingerprint density at radius 3 is 2.41 bits per heavy atom.